The van der Waals surface area contributed by atoms with Crippen molar-refractivity contribution in [2.75, 3.05) is 13.2 Å². The third-order valence-corrected chi connectivity index (χ3v) is 5.03. The van der Waals surface area contributed by atoms with E-state index in [-0.39, 0.29) is 17.1 Å². The van der Waals surface area contributed by atoms with E-state index in [2.05, 4.69) is 13.8 Å². The number of benzene rings is 1. The normalized spacial score (nSPS) is 23.7. The molecule has 1 aliphatic carbocycles. The lowest BCUT2D eigenvalue weighted by Crippen LogP contribution is -2.34. The minimum atomic E-state index is 0.0336. The first-order valence-corrected chi connectivity index (χ1v) is 8.00. The highest BCUT2D eigenvalue weighted by atomic mass is 35.5. The fourth-order valence-electron chi connectivity index (χ4n) is 3.42. The highest BCUT2D eigenvalue weighted by molar-refractivity contribution is 6.34. The van der Waals surface area contributed by atoms with Crippen molar-refractivity contribution in [3.05, 3.63) is 22.7 Å². The highest BCUT2D eigenvalue weighted by Gasteiger charge is 2.38. The fourth-order valence-corrected chi connectivity index (χ4v) is 3.67. The molecular weight excluding hydrogens is 288 g/mol. The van der Waals surface area contributed by atoms with E-state index in [9.17, 15) is 4.79 Å². The molecule has 1 atom stereocenters. The first kappa shape index (κ1) is 14.7. The number of rotatable bonds is 2. The van der Waals surface area contributed by atoms with Crippen molar-refractivity contribution >= 4 is 17.4 Å². The van der Waals surface area contributed by atoms with Crippen LogP contribution in [0.5, 0.6) is 11.5 Å². The van der Waals surface area contributed by atoms with Gasteiger partial charge in [0.15, 0.2) is 17.3 Å². The first-order valence-electron chi connectivity index (χ1n) is 7.62. The molecule has 0 amide bonds. The summed E-state index contributed by atoms with van der Waals surface area (Å²) in [5, 5.41) is 0.464. The van der Waals surface area contributed by atoms with Crippen molar-refractivity contribution < 1.29 is 14.3 Å². The van der Waals surface area contributed by atoms with Gasteiger partial charge < -0.3 is 9.47 Å². The van der Waals surface area contributed by atoms with Gasteiger partial charge in [-0.05, 0) is 24.3 Å². The van der Waals surface area contributed by atoms with Crippen LogP contribution in [0.15, 0.2) is 12.1 Å². The Morgan fingerprint density at radius 3 is 2.52 bits per heavy atom. The lowest BCUT2D eigenvalue weighted by Gasteiger charge is -2.37. The van der Waals surface area contributed by atoms with Crippen LogP contribution in [0.4, 0.5) is 0 Å². The van der Waals surface area contributed by atoms with Crippen molar-refractivity contribution in [2.45, 2.75) is 39.5 Å². The smallest absolute Gasteiger partial charge is 0.168 e. The third-order valence-electron chi connectivity index (χ3n) is 4.72. The van der Waals surface area contributed by atoms with E-state index < -0.39 is 0 Å². The molecule has 0 N–H and O–H groups in total. The average Bonchev–Trinajstić information content (AvgIpc) is 2.45. The molecule has 1 aromatic carbocycles. The highest BCUT2D eigenvalue weighted by Crippen LogP contribution is 2.44. The molecule has 0 bridgehead atoms. The average molecular weight is 309 g/mol. The number of hydrogen-bond acceptors (Lipinski definition) is 3. The summed E-state index contributed by atoms with van der Waals surface area (Å²) in [6.07, 6.45) is 4.34. The lowest BCUT2D eigenvalue weighted by atomic mass is 9.66. The summed E-state index contributed by atoms with van der Waals surface area (Å²) in [4.78, 5) is 12.9. The Hall–Kier alpha value is -1.22. The first-order chi connectivity index (χ1) is 9.99. The number of halogens is 1. The van der Waals surface area contributed by atoms with Crippen molar-refractivity contribution in [3.8, 4) is 11.5 Å². The molecule has 1 aliphatic heterocycles. The maximum absolute atomic E-state index is 12.9. The van der Waals surface area contributed by atoms with E-state index in [0.29, 0.717) is 35.3 Å². The predicted octanol–water partition coefficient (Wildman–Crippen LogP) is 4.51. The van der Waals surface area contributed by atoms with Gasteiger partial charge in [0.1, 0.15) is 13.2 Å². The summed E-state index contributed by atoms with van der Waals surface area (Å²) in [6.45, 7) is 5.39. The zero-order valence-electron chi connectivity index (χ0n) is 12.6. The molecule has 0 saturated heterocycles. The molecule has 1 unspecified atom stereocenters. The van der Waals surface area contributed by atoms with Gasteiger partial charge >= 0.3 is 0 Å². The van der Waals surface area contributed by atoms with Gasteiger partial charge in [-0.1, -0.05) is 38.3 Å². The fraction of sp³-hybridized carbons (Fsp3) is 0.588. The summed E-state index contributed by atoms with van der Waals surface area (Å²) < 4.78 is 11.1. The van der Waals surface area contributed by atoms with Gasteiger partial charge in [0.05, 0.1) is 5.02 Å². The monoisotopic (exact) mass is 308 g/mol. The van der Waals surface area contributed by atoms with Crippen LogP contribution in [-0.4, -0.2) is 19.0 Å². The Kier molecular flexibility index (Phi) is 3.87. The van der Waals surface area contributed by atoms with Gasteiger partial charge in [-0.3, -0.25) is 4.79 Å². The Morgan fingerprint density at radius 1 is 1.19 bits per heavy atom. The van der Waals surface area contributed by atoms with Crippen molar-refractivity contribution in [2.24, 2.45) is 11.3 Å². The van der Waals surface area contributed by atoms with Crippen molar-refractivity contribution in [1.29, 1.82) is 0 Å². The van der Waals surface area contributed by atoms with Crippen LogP contribution in [0.3, 0.4) is 0 Å². The maximum atomic E-state index is 12.9. The summed E-state index contributed by atoms with van der Waals surface area (Å²) in [6, 6.07) is 3.46. The molecule has 3 nitrogen and oxygen atoms in total. The molecule has 21 heavy (non-hydrogen) atoms. The van der Waals surface area contributed by atoms with Crippen molar-refractivity contribution in [1.82, 2.24) is 0 Å². The van der Waals surface area contributed by atoms with E-state index >= 15 is 0 Å². The third kappa shape index (κ3) is 2.76. The number of fused-ring (bicyclic) bond motifs is 1. The van der Waals surface area contributed by atoms with Gasteiger partial charge in [0.2, 0.25) is 0 Å². The molecule has 2 aliphatic rings. The van der Waals surface area contributed by atoms with Crippen LogP contribution in [0.25, 0.3) is 0 Å². The van der Waals surface area contributed by atoms with E-state index in [1.54, 1.807) is 12.1 Å². The molecule has 1 heterocycles. The van der Waals surface area contributed by atoms with Crippen LogP contribution >= 0.6 is 11.6 Å². The second kappa shape index (κ2) is 5.53. The Bertz CT molecular complexity index is 565. The van der Waals surface area contributed by atoms with Gasteiger partial charge in [-0.15, -0.1) is 0 Å². The Balaban J connectivity index is 1.94. The quantitative estimate of drug-likeness (QED) is 0.754. The van der Waals surface area contributed by atoms with E-state index in [1.165, 1.54) is 6.42 Å². The van der Waals surface area contributed by atoms with E-state index in [0.717, 1.165) is 19.3 Å². The Morgan fingerprint density at radius 2 is 1.86 bits per heavy atom. The largest absolute Gasteiger partial charge is 0.486 e. The van der Waals surface area contributed by atoms with Crippen molar-refractivity contribution in [3.63, 3.8) is 0 Å². The molecule has 4 heteroatoms. The van der Waals surface area contributed by atoms with Gasteiger partial charge in [0, 0.05) is 17.5 Å². The summed E-state index contributed by atoms with van der Waals surface area (Å²) >= 11 is 6.31. The number of carbonyl (C=O) groups is 1. The van der Waals surface area contributed by atoms with Crippen LogP contribution < -0.4 is 9.47 Å². The molecule has 114 valence electrons. The van der Waals surface area contributed by atoms with Crippen LogP contribution in [0.2, 0.25) is 5.02 Å². The van der Waals surface area contributed by atoms with E-state index in [1.807, 2.05) is 0 Å². The van der Waals surface area contributed by atoms with Crippen LogP contribution in [0.1, 0.15) is 49.9 Å². The van der Waals surface area contributed by atoms with Crippen LogP contribution in [0, 0.1) is 11.3 Å². The molecule has 0 radical (unpaired) electrons. The topological polar surface area (TPSA) is 35.5 Å². The molecule has 0 spiro atoms. The minimum Gasteiger partial charge on any atom is -0.486 e. The van der Waals surface area contributed by atoms with Gasteiger partial charge in [-0.2, -0.15) is 0 Å². The standard InChI is InChI=1S/C17H21ClO3/c1-17(2)6-4-3-5-12(17)16(19)11-9-14-15(10-13(11)18)21-8-7-20-14/h9-10,12H,3-8H2,1-2H3. The lowest BCUT2D eigenvalue weighted by molar-refractivity contribution is 0.0696. The molecule has 1 saturated carbocycles. The number of ketones is 1. The van der Waals surface area contributed by atoms with E-state index in [4.69, 9.17) is 21.1 Å². The molecule has 1 aromatic rings. The SMILES string of the molecule is CC1(C)CCCCC1C(=O)c1cc2c(cc1Cl)OCCO2. The summed E-state index contributed by atoms with van der Waals surface area (Å²) in [5.74, 6) is 1.43. The number of hydrogen-bond donors (Lipinski definition) is 0. The zero-order valence-corrected chi connectivity index (χ0v) is 13.3. The molecule has 3 rings (SSSR count). The molecular formula is C17H21ClO3. The molecule has 1 fully saturated rings. The van der Waals surface area contributed by atoms with Gasteiger partial charge in [0.25, 0.3) is 0 Å². The zero-order chi connectivity index (χ0) is 15.0. The maximum Gasteiger partial charge on any atom is 0.168 e. The summed E-state index contributed by atoms with van der Waals surface area (Å²) in [7, 11) is 0. The van der Waals surface area contributed by atoms with Gasteiger partial charge in [-0.25, -0.2) is 0 Å². The summed E-state index contributed by atoms with van der Waals surface area (Å²) in [5.41, 5.74) is 0.604. The second-order valence-electron chi connectivity index (χ2n) is 6.63. The minimum absolute atomic E-state index is 0.0336. The number of carbonyl (C=O) groups excluding carboxylic acids is 1. The Labute approximate surface area is 130 Å². The number of Topliss-reactive ketones (excluding diaryl/α,β-unsaturated/α-hetero) is 1. The molecule has 0 aromatic heterocycles. The second-order valence-corrected chi connectivity index (χ2v) is 7.03. The predicted molar refractivity (Wildman–Crippen MR) is 82.5 cm³/mol. The number of ether oxygens (including phenoxy) is 2. The van der Waals surface area contributed by atoms with Crippen LogP contribution in [-0.2, 0) is 0 Å².